The maximum atomic E-state index is 6.14. The van der Waals surface area contributed by atoms with Gasteiger partial charge in [-0.3, -0.25) is 0 Å². The molecular formula is C22H28O3S. The summed E-state index contributed by atoms with van der Waals surface area (Å²) in [7, 11) is 0. The number of aryl methyl sites for hydroxylation is 3. The summed E-state index contributed by atoms with van der Waals surface area (Å²) in [5, 5.41) is 0.555. The van der Waals surface area contributed by atoms with E-state index < -0.39 is 0 Å². The largest absolute Gasteiger partial charge is 0.493 e. The fraction of sp³-hybridized carbons (Fsp3) is 0.409. The van der Waals surface area contributed by atoms with Gasteiger partial charge in [-0.05, 0) is 74.3 Å². The smallest absolute Gasteiger partial charge is 0.167 e. The minimum absolute atomic E-state index is 0.365. The topological polar surface area (TPSA) is 27.7 Å². The number of ether oxygens (including phenoxy) is 3. The van der Waals surface area contributed by atoms with Crippen LogP contribution in [0.5, 0.6) is 17.2 Å². The van der Waals surface area contributed by atoms with Crippen LogP contribution in [-0.2, 0) is 13.0 Å². The van der Waals surface area contributed by atoms with Gasteiger partial charge in [-0.15, -0.1) is 0 Å². The number of benzene rings is 2. The van der Waals surface area contributed by atoms with Gasteiger partial charge in [0.2, 0.25) is 0 Å². The van der Waals surface area contributed by atoms with Crippen molar-refractivity contribution < 1.29 is 14.2 Å². The summed E-state index contributed by atoms with van der Waals surface area (Å²) in [6, 6.07) is 10.1. The average molecular weight is 373 g/mol. The first-order chi connectivity index (χ1) is 12.5. The molecule has 0 heterocycles. The predicted molar refractivity (Wildman–Crippen MR) is 111 cm³/mol. The summed E-state index contributed by atoms with van der Waals surface area (Å²) in [6.07, 6.45) is 1.71. The van der Waals surface area contributed by atoms with Crippen molar-refractivity contribution in [3.05, 3.63) is 52.6 Å². The van der Waals surface area contributed by atoms with E-state index in [1.54, 1.807) is 0 Å². The van der Waals surface area contributed by atoms with Crippen molar-refractivity contribution in [1.82, 2.24) is 0 Å². The molecule has 3 nitrogen and oxygen atoms in total. The van der Waals surface area contributed by atoms with Crippen molar-refractivity contribution in [3.8, 4) is 17.2 Å². The fourth-order valence-corrected chi connectivity index (χ4v) is 2.89. The second-order valence-electron chi connectivity index (χ2n) is 6.18. The van der Waals surface area contributed by atoms with Crippen LogP contribution in [0.3, 0.4) is 0 Å². The van der Waals surface area contributed by atoms with Crippen LogP contribution in [0, 0.1) is 13.8 Å². The van der Waals surface area contributed by atoms with Gasteiger partial charge in [0.25, 0.3) is 0 Å². The van der Waals surface area contributed by atoms with E-state index in [2.05, 4.69) is 32.9 Å². The van der Waals surface area contributed by atoms with Crippen LogP contribution in [0.1, 0.15) is 49.4 Å². The highest BCUT2D eigenvalue weighted by Gasteiger charge is 2.14. The van der Waals surface area contributed by atoms with E-state index in [1.807, 2.05) is 32.0 Å². The first-order valence-corrected chi connectivity index (χ1v) is 9.59. The lowest BCUT2D eigenvalue weighted by molar-refractivity contribution is 0.280. The summed E-state index contributed by atoms with van der Waals surface area (Å²) in [5.74, 6) is 2.35. The Hall–Kier alpha value is -2.07. The Balaban J connectivity index is 2.30. The molecule has 0 aliphatic rings. The van der Waals surface area contributed by atoms with Crippen LogP contribution in [0.15, 0.2) is 30.3 Å². The van der Waals surface area contributed by atoms with E-state index >= 15 is 0 Å². The predicted octanol–water partition coefficient (Wildman–Crippen LogP) is 5.96. The molecule has 4 heteroatoms. The molecule has 0 atom stereocenters. The quantitative estimate of drug-likeness (QED) is 0.534. The molecule has 0 aliphatic carbocycles. The van der Waals surface area contributed by atoms with Gasteiger partial charge in [-0.2, -0.15) is 0 Å². The summed E-state index contributed by atoms with van der Waals surface area (Å²) in [6.45, 7) is 11.3. The average Bonchev–Trinajstić information content (AvgIpc) is 2.63. The Morgan fingerprint density at radius 3 is 2.31 bits per heavy atom. The highest BCUT2D eigenvalue weighted by Crippen LogP contribution is 2.32. The van der Waals surface area contributed by atoms with Gasteiger partial charge in [-0.25, -0.2) is 0 Å². The van der Waals surface area contributed by atoms with Gasteiger partial charge in [0.05, 0.1) is 12.2 Å². The van der Waals surface area contributed by atoms with Crippen LogP contribution in [0.2, 0.25) is 0 Å². The molecule has 0 spiro atoms. The molecule has 0 saturated carbocycles. The zero-order chi connectivity index (χ0) is 19.1. The molecule has 0 N–H and O–H groups in total. The normalized spacial score (nSPS) is 10.5. The Morgan fingerprint density at radius 1 is 0.923 bits per heavy atom. The van der Waals surface area contributed by atoms with E-state index in [9.17, 15) is 0 Å². The lowest BCUT2D eigenvalue weighted by atomic mass is 10.0. The molecule has 0 unspecified atom stereocenters. The van der Waals surface area contributed by atoms with Gasteiger partial charge in [-0.1, -0.05) is 26.0 Å². The van der Waals surface area contributed by atoms with Gasteiger partial charge >= 0.3 is 0 Å². The van der Waals surface area contributed by atoms with Crippen molar-refractivity contribution >= 4 is 17.3 Å². The zero-order valence-corrected chi connectivity index (χ0v) is 17.2. The molecule has 2 aromatic rings. The molecule has 2 aromatic carbocycles. The van der Waals surface area contributed by atoms with Gasteiger partial charge < -0.3 is 14.2 Å². The number of hydrogen-bond acceptors (Lipinski definition) is 4. The van der Waals surface area contributed by atoms with E-state index in [1.165, 1.54) is 11.1 Å². The standard InChI is InChI=1S/C22H28O3S/c1-6-17-12-16(5)21(13-15(17)4)24-14-18-19(23-8-3)10-9-11-20(18)25-22(26)7-2/h9-13H,6-8,14H2,1-5H3. The van der Waals surface area contributed by atoms with Crippen LogP contribution in [0.4, 0.5) is 0 Å². The second-order valence-corrected chi connectivity index (χ2v) is 6.64. The number of thiocarbonyl (C=S) groups is 1. The molecule has 140 valence electrons. The third-order valence-electron chi connectivity index (χ3n) is 4.29. The SMILES string of the molecule is CCOc1cccc(OC(=S)CC)c1COc1cc(C)c(CC)cc1C. The Kier molecular flexibility index (Phi) is 7.46. The van der Waals surface area contributed by atoms with Crippen molar-refractivity contribution in [1.29, 1.82) is 0 Å². The molecule has 0 aromatic heterocycles. The molecule has 0 saturated heterocycles. The first-order valence-electron chi connectivity index (χ1n) is 9.18. The lowest BCUT2D eigenvalue weighted by Gasteiger charge is -2.18. The lowest BCUT2D eigenvalue weighted by Crippen LogP contribution is -2.09. The number of hydrogen-bond donors (Lipinski definition) is 0. The van der Waals surface area contributed by atoms with Gasteiger partial charge in [0.1, 0.15) is 23.9 Å². The molecular weight excluding hydrogens is 344 g/mol. The molecule has 2 rings (SSSR count). The summed E-state index contributed by atoms with van der Waals surface area (Å²) >= 11 is 5.24. The van der Waals surface area contributed by atoms with Crippen LogP contribution < -0.4 is 14.2 Å². The summed E-state index contributed by atoms with van der Waals surface area (Å²) < 4.78 is 17.7. The zero-order valence-electron chi connectivity index (χ0n) is 16.3. The molecule has 0 bridgehead atoms. The van der Waals surface area contributed by atoms with E-state index in [-0.39, 0.29) is 0 Å². The Labute approximate surface area is 162 Å². The van der Waals surface area contributed by atoms with Crippen LogP contribution >= 0.6 is 12.2 Å². The Morgan fingerprint density at radius 2 is 1.65 bits per heavy atom. The van der Waals surface area contributed by atoms with Crippen molar-refractivity contribution in [2.45, 2.75) is 54.1 Å². The maximum Gasteiger partial charge on any atom is 0.167 e. The minimum atomic E-state index is 0.365. The van der Waals surface area contributed by atoms with Gasteiger partial charge in [0, 0.05) is 6.42 Å². The third-order valence-corrected chi connectivity index (χ3v) is 4.66. The maximum absolute atomic E-state index is 6.14. The van der Waals surface area contributed by atoms with E-state index in [0.717, 1.165) is 29.0 Å². The van der Waals surface area contributed by atoms with Crippen LogP contribution in [0.25, 0.3) is 0 Å². The number of rotatable bonds is 8. The molecule has 0 aliphatic heterocycles. The molecule has 0 radical (unpaired) electrons. The summed E-state index contributed by atoms with van der Waals surface area (Å²) in [4.78, 5) is 0. The summed E-state index contributed by atoms with van der Waals surface area (Å²) in [5.41, 5.74) is 4.60. The molecule has 0 amide bonds. The minimum Gasteiger partial charge on any atom is -0.493 e. The van der Waals surface area contributed by atoms with E-state index in [4.69, 9.17) is 26.4 Å². The van der Waals surface area contributed by atoms with Crippen molar-refractivity contribution in [3.63, 3.8) is 0 Å². The highest BCUT2D eigenvalue weighted by atomic mass is 32.1. The highest BCUT2D eigenvalue weighted by molar-refractivity contribution is 7.80. The van der Waals surface area contributed by atoms with E-state index in [0.29, 0.717) is 30.4 Å². The Bertz CT molecular complexity index is 768. The fourth-order valence-electron chi connectivity index (χ4n) is 2.80. The monoisotopic (exact) mass is 372 g/mol. The third kappa shape index (κ3) is 4.98. The van der Waals surface area contributed by atoms with Gasteiger partial charge in [0.15, 0.2) is 5.05 Å². The van der Waals surface area contributed by atoms with Crippen molar-refractivity contribution in [2.75, 3.05) is 6.61 Å². The van der Waals surface area contributed by atoms with Crippen LogP contribution in [-0.4, -0.2) is 11.7 Å². The molecule has 26 heavy (non-hydrogen) atoms. The van der Waals surface area contributed by atoms with Crippen molar-refractivity contribution in [2.24, 2.45) is 0 Å². The molecule has 0 fully saturated rings. The second kappa shape index (κ2) is 9.58. The first kappa shape index (κ1) is 20.2.